The number of carbonyl (C=O) groups excluding carboxylic acids is 1. The third kappa shape index (κ3) is 3.70. The normalized spacial score (nSPS) is 20.9. The van der Waals surface area contributed by atoms with E-state index in [4.69, 9.17) is 5.26 Å². The van der Waals surface area contributed by atoms with Gasteiger partial charge < -0.3 is 15.3 Å². The second-order valence-corrected chi connectivity index (χ2v) is 5.38. The first-order valence-corrected chi connectivity index (χ1v) is 6.91. The van der Waals surface area contributed by atoms with Gasteiger partial charge in [0.25, 0.3) is 0 Å². The summed E-state index contributed by atoms with van der Waals surface area (Å²) in [7, 11) is 1.65. The van der Waals surface area contributed by atoms with Crippen LogP contribution in [-0.4, -0.2) is 35.7 Å². The number of carbonyl (C=O) groups is 1. The molecule has 0 bridgehead atoms. The van der Waals surface area contributed by atoms with Gasteiger partial charge in [-0.1, -0.05) is 6.42 Å². The highest BCUT2D eigenvalue weighted by Crippen LogP contribution is 2.26. The lowest BCUT2D eigenvalue weighted by Crippen LogP contribution is -2.37. The van der Waals surface area contributed by atoms with Crippen molar-refractivity contribution >= 4 is 11.7 Å². The largest absolute Gasteiger partial charge is 0.393 e. The summed E-state index contributed by atoms with van der Waals surface area (Å²) in [6.45, 7) is 0.472. The Labute approximate surface area is 123 Å². The number of nitrogens with one attached hydrogen (secondary N) is 1. The molecule has 2 N–H and O–H groups in total. The molecule has 112 valence electrons. The lowest BCUT2D eigenvalue weighted by atomic mass is 10.1. The maximum Gasteiger partial charge on any atom is 0.321 e. The van der Waals surface area contributed by atoms with Crippen molar-refractivity contribution in [1.29, 1.82) is 5.26 Å². The quantitative estimate of drug-likeness (QED) is 0.897. The van der Waals surface area contributed by atoms with Crippen LogP contribution in [0.2, 0.25) is 0 Å². The number of aliphatic hydroxyl groups is 1. The van der Waals surface area contributed by atoms with E-state index in [-0.39, 0.29) is 23.6 Å². The predicted molar refractivity (Wildman–Crippen MR) is 76.1 cm³/mol. The third-order valence-electron chi connectivity index (χ3n) is 3.81. The zero-order valence-electron chi connectivity index (χ0n) is 11.8. The number of amides is 2. The minimum atomic E-state index is -0.613. The number of hydrogen-bond acceptors (Lipinski definition) is 3. The van der Waals surface area contributed by atoms with Crippen molar-refractivity contribution in [3.05, 3.63) is 29.6 Å². The molecule has 2 rings (SSSR count). The van der Waals surface area contributed by atoms with Crippen molar-refractivity contribution in [1.82, 2.24) is 4.90 Å². The first kappa shape index (κ1) is 15.3. The van der Waals surface area contributed by atoms with E-state index < -0.39 is 5.82 Å². The molecule has 0 heterocycles. The first-order valence-electron chi connectivity index (χ1n) is 6.91. The summed E-state index contributed by atoms with van der Waals surface area (Å²) in [4.78, 5) is 13.5. The molecule has 2 unspecified atom stereocenters. The smallest absolute Gasteiger partial charge is 0.321 e. The minimum Gasteiger partial charge on any atom is -0.393 e. The summed E-state index contributed by atoms with van der Waals surface area (Å²) in [5, 5.41) is 21.2. The number of nitriles is 1. The van der Waals surface area contributed by atoms with Gasteiger partial charge in [-0.25, -0.2) is 9.18 Å². The van der Waals surface area contributed by atoms with E-state index in [1.54, 1.807) is 13.1 Å². The standard InChI is InChI=1S/C15H18FN3O2/c1-19(9-10-3-2-4-14(10)20)15(21)18-12-5-6-13(16)11(7-12)8-17/h5-7,10,14,20H,2-4,9H2,1H3,(H,18,21). The number of hydrogen-bond donors (Lipinski definition) is 2. The van der Waals surface area contributed by atoms with Crippen molar-refractivity contribution in [3.63, 3.8) is 0 Å². The topological polar surface area (TPSA) is 76.4 Å². The SMILES string of the molecule is CN(CC1CCCC1O)C(=O)Nc1ccc(F)c(C#N)c1. The van der Waals surface area contributed by atoms with Gasteiger partial charge in [-0.05, 0) is 31.0 Å². The number of halogens is 1. The molecular formula is C15H18FN3O2. The zero-order chi connectivity index (χ0) is 15.4. The number of urea groups is 1. The molecule has 6 heteroatoms. The van der Waals surface area contributed by atoms with Gasteiger partial charge in [0, 0.05) is 25.2 Å². The highest BCUT2D eigenvalue weighted by atomic mass is 19.1. The molecule has 0 radical (unpaired) electrons. The van der Waals surface area contributed by atoms with Crippen LogP contribution in [0, 0.1) is 23.1 Å². The van der Waals surface area contributed by atoms with Crippen molar-refractivity contribution in [2.24, 2.45) is 5.92 Å². The van der Waals surface area contributed by atoms with Crippen LogP contribution in [0.4, 0.5) is 14.9 Å². The van der Waals surface area contributed by atoms with E-state index in [0.717, 1.165) is 25.3 Å². The van der Waals surface area contributed by atoms with Gasteiger partial charge >= 0.3 is 6.03 Å². The molecule has 5 nitrogen and oxygen atoms in total. The van der Waals surface area contributed by atoms with Crippen LogP contribution in [0.1, 0.15) is 24.8 Å². The highest BCUT2D eigenvalue weighted by molar-refractivity contribution is 5.89. The van der Waals surface area contributed by atoms with Gasteiger partial charge in [-0.2, -0.15) is 5.26 Å². The molecule has 0 aliphatic heterocycles. The minimum absolute atomic E-state index is 0.101. The van der Waals surface area contributed by atoms with Gasteiger partial charge in [-0.15, -0.1) is 0 Å². The number of nitrogens with zero attached hydrogens (tertiary/aromatic N) is 2. The zero-order valence-corrected chi connectivity index (χ0v) is 11.8. The number of anilines is 1. The fourth-order valence-corrected chi connectivity index (χ4v) is 2.57. The van der Waals surface area contributed by atoms with Crippen molar-refractivity contribution < 1.29 is 14.3 Å². The van der Waals surface area contributed by atoms with E-state index in [1.807, 2.05) is 0 Å². The Kier molecular flexibility index (Phi) is 4.76. The molecule has 0 spiro atoms. The fraction of sp³-hybridized carbons (Fsp3) is 0.467. The van der Waals surface area contributed by atoms with Crippen molar-refractivity contribution in [2.45, 2.75) is 25.4 Å². The molecule has 1 aliphatic rings. The second kappa shape index (κ2) is 6.55. The second-order valence-electron chi connectivity index (χ2n) is 5.38. The number of aliphatic hydroxyl groups excluding tert-OH is 1. The molecule has 0 saturated heterocycles. The predicted octanol–water partition coefficient (Wildman–Crippen LogP) is 2.32. The Balaban J connectivity index is 1.96. The van der Waals surface area contributed by atoms with Gasteiger partial charge in [0.05, 0.1) is 11.7 Å². The number of rotatable bonds is 3. The first-order chi connectivity index (χ1) is 10.0. The summed E-state index contributed by atoms with van der Waals surface area (Å²) < 4.78 is 13.2. The average Bonchev–Trinajstić information content (AvgIpc) is 2.86. The van der Waals surface area contributed by atoms with Crippen LogP contribution >= 0.6 is 0 Å². The van der Waals surface area contributed by atoms with Crippen LogP contribution in [0.15, 0.2) is 18.2 Å². The van der Waals surface area contributed by atoms with Crippen LogP contribution in [0.3, 0.4) is 0 Å². The summed E-state index contributed by atoms with van der Waals surface area (Å²) in [5.41, 5.74) is 0.262. The van der Waals surface area contributed by atoms with E-state index in [2.05, 4.69) is 5.32 Å². The highest BCUT2D eigenvalue weighted by Gasteiger charge is 2.27. The molecule has 1 fully saturated rings. The van der Waals surface area contributed by atoms with Crippen LogP contribution in [0.25, 0.3) is 0 Å². The molecule has 1 aromatic carbocycles. The van der Waals surface area contributed by atoms with E-state index >= 15 is 0 Å². The van der Waals surface area contributed by atoms with E-state index in [0.29, 0.717) is 12.2 Å². The van der Waals surface area contributed by atoms with Crippen LogP contribution in [0.5, 0.6) is 0 Å². The summed E-state index contributed by atoms with van der Waals surface area (Å²) in [6, 6.07) is 5.24. The molecule has 1 aliphatic carbocycles. The molecule has 0 aromatic heterocycles. The van der Waals surface area contributed by atoms with Crippen LogP contribution in [-0.2, 0) is 0 Å². The molecule has 2 atom stereocenters. The molecule has 21 heavy (non-hydrogen) atoms. The van der Waals surface area contributed by atoms with Gasteiger partial charge in [0.2, 0.25) is 0 Å². The fourth-order valence-electron chi connectivity index (χ4n) is 2.57. The Bertz CT molecular complexity index is 571. The number of benzene rings is 1. The monoisotopic (exact) mass is 291 g/mol. The molecule has 1 saturated carbocycles. The van der Waals surface area contributed by atoms with Crippen molar-refractivity contribution in [3.8, 4) is 6.07 Å². The van der Waals surface area contributed by atoms with Crippen molar-refractivity contribution in [2.75, 3.05) is 18.9 Å². The van der Waals surface area contributed by atoms with Gasteiger partial charge in [-0.3, -0.25) is 0 Å². The molecule has 1 aromatic rings. The van der Waals surface area contributed by atoms with E-state index in [9.17, 15) is 14.3 Å². The third-order valence-corrected chi connectivity index (χ3v) is 3.81. The maximum absolute atomic E-state index is 13.2. The summed E-state index contributed by atoms with van der Waals surface area (Å²) in [5.74, 6) is -0.512. The lowest BCUT2D eigenvalue weighted by Gasteiger charge is -2.23. The average molecular weight is 291 g/mol. The Morgan fingerprint density at radius 2 is 2.33 bits per heavy atom. The van der Waals surface area contributed by atoms with Crippen LogP contribution < -0.4 is 5.32 Å². The lowest BCUT2D eigenvalue weighted by molar-refractivity contribution is 0.116. The van der Waals surface area contributed by atoms with Gasteiger partial charge in [0.15, 0.2) is 0 Å². The Morgan fingerprint density at radius 1 is 1.57 bits per heavy atom. The summed E-state index contributed by atoms with van der Waals surface area (Å²) >= 11 is 0. The maximum atomic E-state index is 13.2. The Morgan fingerprint density at radius 3 is 2.95 bits per heavy atom. The molecule has 2 amide bonds. The summed E-state index contributed by atoms with van der Waals surface area (Å²) in [6.07, 6.45) is 2.32. The van der Waals surface area contributed by atoms with Gasteiger partial charge in [0.1, 0.15) is 11.9 Å². The Hall–Kier alpha value is -2.13. The molecular weight excluding hydrogens is 273 g/mol. The van der Waals surface area contributed by atoms with E-state index in [1.165, 1.54) is 17.0 Å².